The number of aromatic nitrogens is 1. The lowest BCUT2D eigenvalue weighted by Gasteiger charge is -2.29. The zero-order valence-corrected chi connectivity index (χ0v) is 12.6. The monoisotopic (exact) mass is 344 g/mol. The van der Waals surface area contributed by atoms with Gasteiger partial charge in [-0.2, -0.15) is 18.3 Å². The van der Waals surface area contributed by atoms with Gasteiger partial charge >= 0.3 is 6.18 Å². The van der Waals surface area contributed by atoms with E-state index >= 15 is 0 Å². The van der Waals surface area contributed by atoms with Crippen molar-refractivity contribution in [1.82, 2.24) is 10.5 Å². The molecule has 1 fully saturated rings. The van der Waals surface area contributed by atoms with Crippen LogP contribution in [0.4, 0.5) is 17.6 Å². The second-order valence-corrected chi connectivity index (χ2v) is 6.04. The summed E-state index contributed by atoms with van der Waals surface area (Å²) in [4.78, 5) is 11.2. The first-order chi connectivity index (χ1) is 11.3. The molecule has 0 aliphatic carbocycles. The number of piperidine rings is 1. The Balaban J connectivity index is 1.74. The van der Waals surface area contributed by atoms with E-state index in [0.717, 1.165) is 18.6 Å². The molecule has 0 saturated carbocycles. The van der Waals surface area contributed by atoms with Gasteiger partial charge in [0.25, 0.3) is 5.56 Å². The molecule has 24 heavy (non-hydrogen) atoms. The highest BCUT2D eigenvalue weighted by atomic mass is 19.4. The number of halogens is 4. The minimum atomic E-state index is -4.58. The van der Waals surface area contributed by atoms with Crippen LogP contribution in [-0.4, -0.2) is 17.7 Å². The second-order valence-electron chi connectivity index (χ2n) is 6.04. The van der Waals surface area contributed by atoms with Crippen LogP contribution in [0.3, 0.4) is 0 Å². The number of hydrogen-bond acceptors (Lipinski definition) is 3. The molecule has 1 aromatic heterocycles. The molecule has 0 radical (unpaired) electrons. The average Bonchev–Trinajstić information content (AvgIpc) is 2.93. The molecule has 130 valence electrons. The Morgan fingerprint density at radius 3 is 2.67 bits per heavy atom. The Hall–Kier alpha value is -2.09. The molecule has 1 aromatic carbocycles. The third kappa shape index (κ3) is 3.87. The Morgan fingerprint density at radius 2 is 2.00 bits per heavy atom. The van der Waals surface area contributed by atoms with E-state index in [2.05, 4.69) is 10.5 Å². The smallest absolute Gasteiger partial charge is 0.383 e. The Bertz CT molecular complexity index is 766. The highest BCUT2D eigenvalue weighted by Gasteiger charge is 2.32. The van der Waals surface area contributed by atoms with Crippen LogP contribution >= 0.6 is 0 Å². The summed E-state index contributed by atoms with van der Waals surface area (Å²) in [6, 6.07) is 3.86. The van der Waals surface area contributed by atoms with Crippen LogP contribution in [0.2, 0.25) is 0 Å². The molecule has 2 aromatic rings. The summed E-state index contributed by atoms with van der Waals surface area (Å²) >= 11 is 0. The van der Waals surface area contributed by atoms with E-state index in [1.807, 2.05) is 0 Å². The summed E-state index contributed by atoms with van der Waals surface area (Å²) in [6.45, 7) is 0.645. The molecular weight excluding hydrogens is 328 g/mol. The van der Waals surface area contributed by atoms with Crippen LogP contribution in [0.25, 0.3) is 0 Å². The van der Waals surface area contributed by atoms with Crippen LogP contribution in [0, 0.1) is 5.82 Å². The number of rotatable bonds is 3. The van der Waals surface area contributed by atoms with Gasteiger partial charge in [-0.1, -0.05) is 0 Å². The maximum atomic E-state index is 13.5. The van der Waals surface area contributed by atoms with Crippen LogP contribution < -0.4 is 10.9 Å². The van der Waals surface area contributed by atoms with E-state index in [4.69, 9.17) is 4.52 Å². The third-order valence-corrected chi connectivity index (χ3v) is 4.21. The van der Waals surface area contributed by atoms with Gasteiger partial charge in [0.1, 0.15) is 11.6 Å². The largest absolute Gasteiger partial charge is 0.416 e. The molecule has 1 saturated heterocycles. The maximum absolute atomic E-state index is 13.5. The number of benzene rings is 1. The van der Waals surface area contributed by atoms with Crippen molar-refractivity contribution in [1.29, 1.82) is 0 Å². The molecule has 1 aliphatic heterocycles. The minimum Gasteiger partial charge on any atom is -0.383 e. The van der Waals surface area contributed by atoms with Crippen molar-refractivity contribution in [3.05, 3.63) is 57.3 Å². The van der Waals surface area contributed by atoms with Gasteiger partial charge in [0.2, 0.25) is 0 Å². The van der Waals surface area contributed by atoms with Gasteiger partial charge in [0.15, 0.2) is 0 Å². The van der Waals surface area contributed by atoms with E-state index in [0.29, 0.717) is 24.8 Å². The molecule has 3 rings (SSSR count). The number of hydrogen-bond donors (Lipinski definition) is 2. The molecule has 4 nitrogen and oxygen atoms in total. The molecule has 2 atom stereocenters. The van der Waals surface area contributed by atoms with Gasteiger partial charge in [0, 0.05) is 18.0 Å². The summed E-state index contributed by atoms with van der Waals surface area (Å²) < 4.78 is 56.9. The fourth-order valence-corrected chi connectivity index (χ4v) is 3.14. The number of aromatic amines is 1. The summed E-state index contributed by atoms with van der Waals surface area (Å²) in [5.74, 6) is -0.351. The first-order valence-electron chi connectivity index (χ1n) is 7.60. The van der Waals surface area contributed by atoms with Gasteiger partial charge < -0.3 is 9.84 Å². The van der Waals surface area contributed by atoms with Gasteiger partial charge in [-0.3, -0.25) is 4.79 Å². The molecule has 0 spiro atoms. The fraction of sp³-hybridized carbons (Fsp3) is 0.438. The van der Waals surface area contributed by atoms with Crippen molar-refractivity contribution in [2.45, 2.75) is 37.4 Å². The summed E-state index contributed by atoms with van der Waals surface area (Å²) in [5, 5.41) is 5.45. The van der Waals surface area contributed by atoms with Crippen molar-refractivity contribution < 1.29 is 22.1 Å². The summed E-state index contributed by atoms with van der Waals surface area (Å²) in [7, 11) is 0. The SMILES string of the molecule is O=c1cc(C2CCNC(Cc3cc(F)cc(C(F)(F)F)c3)C2)o[nH]1. The Labute approximate surface area is 134 Å². The van der Waals surface area contributed by atoms with Crippen molar-refractivity contribution in [2.75, 3.05) is 6.54 Å². The number of H-pyrrole nitrogens is 1. The number of alkyl halides is 3. The predicted octanol–water partition coefficient (Wildman–Crippen LogP) is 3.20. The Kier molecular flexibility index (Phi) is 4.49. The molecular formula is C16H16F4N2O2. The average molecular weight is 344 g/mol. The minimum absolute atomic E-state index is 0.00541. The normalized spacial score (nSPS) is 21.8. The lowest BCUT2D eigenvalue weighted by Crippen LogP contribution is -2.38. The number of nitrogens with one attached hydrogen (secondary N) is 2. The van der Waals surface area contributed by atoms with Gasteiger partial charge in [-0.05, 0) is 49.6 Å². The molecule has 0 bridgehead atoms. The van der Waals surface area contributed by atoms with Crippen LogP contribution in [0.5, 0.6) is 0 Å². The molecule has 2 heterocycles. The lowest BCUT2D eigenvalue weighted by atomic mass is 9.87. The molecule has 1 aliphatic rings. The summed E-state index contributed by atoms with van der Waals surface area (Å²) in [6.07, 6.45) is -2.95. The van der Waals surface area contributed by atoms with Gasteiger partial charge in [-0.25, -0.2) is 4.39 Å². The predicted molar refractivity (Wildman–Crippen MR) is 78.2 cm³/mol. The topological polar surface area (TPSA) is 58.0 Å². The molecule has 0 amide bonds. The quantitative estimate of drug-likeness (QED) is 0.841. The van der Waals surface area contributed by atoms with Crippen molar-refractivity contribution in [2.24, 2.45) is 0 Å². The van der Waals surface area contributed by atoms with E-state index in [1.54, 1.807) is 0 Å². The highest BCUT2D eigenvalue weighted by molar-refractivity contribution is 5.27. The zero-order chi connectivity index (χ0) is 17.3. The van der Waals surface area contributed by atoms with Crippen molar-refractivity contribution >= 4 is 0 Å². The third-order valence-electron chi connectivity index (χ3n) is 4.21. The second kappa shape index (κ2) is 6.43. The first kappa shape index (κ1) is 16.8. The molecule has 2 unspecified atom stereocenters. The standard InChI is InChI=1S/C16H16F4N2O2/c17-12-4-9(3-11(7-12)16(18,19)20)5-13-6-10(1-2-21-13)14-8-15(23)22-24-14/h3-4,7-8,10,13,21H,1-2,5-6H2,(H,22,23). The van der Waals surface area contributed by atoms with E-state index in [1.165, 1.54) is 6.07 Å². The summed E-state index contributed by atoms with van der Waals surface area (Å²) in [5.41, 5.74) is -1.02. The van der Waals surface area contributed by atoms with Crippen molar-refractivity contribution in [3.63, 3.8) is 0 Å². The fourth-order valence-electron chi connectivity index (χ4n) is 3.14. The Morgan fingerprint density at radius 1 is 1.21 bits per heavy atom. The van der Waals surface area contributed by atoms with Crippen molar-refractivity contribution in [3.8, 4) is 0 Å². The van der Waals surface area contributed by atoms with E-state index in [-0.39, 0.29) is 29.5 Å². The van der Waals surface area contributed by atoms with Crippen LogP contribution in [-0.2, 0) is 12.6 Å². The maximum Gasteiger partial charge on any atom is 0.416 e. The first-order valence-corrected chi connectivity index (χ1v) is 7.60. The highest BCUT2D eigenvalue weighted by Crippen LogP contribution is 2.32. The van der Waals surface area contributed by atoms with Gasteiger partial charge in [-0.15, -0.1) is 0 Å². The molecule has 8 heteroatoms. The zero-order valence-electron chi connectivity index (χ0n) is 12.6. The lowest BCUT2D eigenvalue weighted by molar-refractivity contribution is -0.137. The van der Waals surface area contributed by atoms with Crippen LogP contribution in [0.1, 0.15) is 35.6 Å². The van der Waals surface area contributed by atoms with E-state index in [9.17, 15) is 22.4 Å². The van der Waals surface area contributed by atoms with Crippen LogP contribution in [0.15, 0.2) is 33.6 Å². The molecule has 2 N–H and O–H groups in total. The van der Waals surface area contributed by atoms with E-state index < -0.39 is 17.6 Å². The van der Waals surface area contributed by atoms with Gasteiger partial charge in [0.05, 0.1) is 5.56 Å².